The van der Waals surface area contributed by atoms with E-state index in [1.807, 2.05) is 24.4 Å². The van der Waals surface area contributed by atoms with E-state index in [0.717, 1.165) is 48.3 Å². The molecule has 1 saturated heterocycles. The maximum atomic E-state index is 5.99. The molecule has 0 unspecified atom stereocenters. The number of piperazine rings is 1. The van der Waals surface area contributed by atoms with Crippen molar-refractivity contribution in [1.29, 1.82) is 0 Å². The van der Waals surface area contributed by atoms with Crippen LogP contribution in [0.15, 0.2) is 30.6 Å². The normalized spacial score (nSPS) is 17.7. The largest absolute Gasteiger partial charge is 0.398 e. The second kappa shape index (κ2) is 5.03. The summed E-state index contributed by atoms with van der Waals surface area (Å²) in [5.41, 5.74) is 11.3. The second-order valence-corrected chi connectivity index (χ2v) is 5.03. The quantitative estimate of drug-likeness (QED) is 0.796. The van der Waals surface area contributed by atoms with Crippen molar-refractivity contribution in [3.63, 3.8) is 0 Å². The zero-order valence-electron chi connectivity index (χ0n) is 11.1. The summed E-state index contributed by atoms with van der Waals surface area (Å²) in [7, 11) is 2.15. The second-order valence-electron chi connectivity index (χ2n) is 5.03. The smallest absolute Gasteiger partial charge is 0.0571 e. The first-order chi connectivity index (χ1) is 9.24. The van der Waals surface area contributed by atoms with Crippen molar-refractivity contribution in [2.24, 2.45) is 0 Å². The molecule has 100 valence electrons. The first-order valence-electron chi connectivity index (χ1n) is 6.56. The molecule has 0 radical (unpaired) electrons. The molecule has 1 aromatic carbocycles. The molecule has 0 aliphatic carbocycles. The van der Waals surface area contributed by atoms with Crippen LogP contribution in [0, 0.1) is 0 Å². The molecule has 5 nitrogen and oxygen atoms in total. The van der Waals surface area contributed by atoms with Crippen molar-refractivity contribution in [1.82, 2.24) is 14.9 Å². The summed E-state index contributed by atoms with van der Waals surface area (Å²) >= 11 is 0. The third-order valence-electron chi connectivity index (χ3n) is 3.63. The van der Waals surface area contributed by atoms with Crippen LogP contribution >= 0.6 is 0 Å². The number of nitrogens with zero attached hydrogens (tertiary/aromatic N) is 3. The van der Waals surface area contributed by atoms with Crippen LogP contribution in [0.1, 0.15) is 0 Å². The lowest BCUT2D eigenvalue weighted by Crippen LogP contribution is -2.46. The fourth-order valence-electron chi connectivity index (χ4n) is 2.40. The van der Waals surface area contributed by atoms with E-state index in [4.69, 9.17) is 5.73 Å². The van der Waals surface area contributed by atoms with Gasteiger partial charge in [0.25, 0.3) is 0 Å². The van der Waals surface area contributed by atoms with Gasteiger partial charge in [0.15, 0.2) is 0 Å². The van der Waals surface area contributed by atoms with Gasteiger partial charge in [0.1, 0.15) is 0 Å². The monoisotopic (exact) mass is 257 g/mol. The van der Waals surface area contributed by atoms with E-state index in [2.05, 4.69) is 27.4 Å². The highest BCUT2D eigenvalue weighted by Crippen LogP contribution is 2.27. The van der Waals surface area contributed by atoms with E-state index in [1.54, 1.807) is 6.20 Å². The van der Waals surface area contributed by atoms with Crippen molar-refractivity contribution in [2.75, 3.05) is 44.4 Å². The molecule has 0 bridgehead atoms. The summed E-state index contributed by atoms with van der Waals surface area (Å²) in [6, 6.07) is 5.97. The maximum Gasteiger partial charge on any atom is 0.0571 e. The van der Waals surface area contributed by atoms with Crippen molar-refractivity contribution < 1.29 is 0 Å². The Balaban J connectivity index is 1.87. The Morgan fingerprint density at radius 2 is 1.89 bits per heavy atom. The van der Waals surface area contributed by atoms with Gasteiger partial charge in [0.2, 0.25) is 0 Å². The number of rotatable bonds is 2. The van der Waals surface area contributed by atoms with Crippen LogP contribution in [0.3, 0.4) is 0 Å². The van der Waals surface area contributed by atoms with E-state index in [0.29, 0.717) is 0 Å². The van der Waals surface area contributed by atoms with Crippen molar-refractivity contribution in [3.8, 4) is 0 Å². The van der Waals surface area contributed by atoms with Gasteiger partial charge in [-0.1, -0.05) is 0 Å². The molecule has 2 heterocycles. The first-order valence-corrected chi connectivity index (χ1v) is 6.56. The predicted octanol–water partition coefficient (Wildman–Crippen LogP) is 1.39. The maximum absolute atomic E-state index is 5.99. The molecule has 1 aliphatic heterocycles. The van der Waals surface area contributed by atoms with Crippen molar-refractivity contribution >= 4 is 22.1 Å². The molecule has 2 aromatic rings. The van der Waals surface area contributed by atoms with Crippen LogP contribution in [0.25, 0.3) is 10.8 Å². The van der Waals surface area contributed by atoms with E-state index >= 15 is 0 Å². The molecule has 0 amide bonds. The molecule has 1 fully saturated rings. The Morgan fingerprint density at radius 1 is 1.11 bits per heavy atom. The van der Waals surface area contributed by atoms with E-state index in [1.165, 1.54) is 0 Å². The SMILES string of the molecule is CN1CCN(Nc2ccc(N)c3cnccc23)CC1. The van der Waals surface area contributed by atoms with E-state index in [9.17, 15) is 0 Å². The highest BCUT2D eigenvalue weighted by atomic mass is 15.5. The van der Waals surface area contributed by atoms with Gasteiger partial charge in [-0.25, -0.2) is 5.01 Å². The van der Waals surface area contributed by atoms with E-state index in [-0.39, 0.29) is 0 Å². The summed E-state index contributed by atoms with van der Waals surface area (Å²) < 4.78 is 0. The Morgan fingerprint density at radius 3 is 2.68 bits per heavy atom. The topological polar surface area (TPSA) is 57.4 Å². The first kappa shape index (κ1) is 12.2. The number of likely N-dealkylation sites (N-methyl/N-ethyl adjacent to an activating group) is 1. The fraction of sp³-hybridized carbons (Fsp3) is 0.357. The number of benzene rings is 1. The molecule has 0 atom stereocenters. The minimum absolute atomic E-state index is 0.770. The summed E-state index contributed by atoms with van der Waals surface area (Å²) in [5, 5.41) is 4.38. The molecule has 1 aliphatic rings. The van der Waals surface area contributed by atoms with Crippen LogP contribution in [-0.4, -0.2) is 48.1 Å². The number of anilines is 2. The molecule has 1 aromatic heterocycles. The van der Waals surface area contributed by atoms with Crippen LogP contribution in [0.4, 0.5) is 11.4 Å². The molecule has 5 heteroatoms. The highest BCUT2D eigenvalue weighted by molar-refractivity contribution is 6.00. The lowest BCUT2D eigenvalue weighted by molar-refractivity contribution is 0.179. The number of nitrogen functional groups attached to an aromatic ring is 1. The van der Waals surface area contributed by atoms with Gasteiger partial charge in [-0.15, -0.1) is 0 Å². The summed E-state index contributed by atoms with van der Waals surface area (Å²) in [4.78, 5) is 6.48. The molecule has 0 spiro atoms. The third kappa shape index (κ3) is 2.47. The lowest BCUT2D eigenvalue weighted by Gasteiger charge is -2.33. The molecular weight excluding hydrogens is 238 g/mol. The number of hydrogen-bond donors (Lipinski definition) is 2. The van der Waals surface area contributed by atoms with Gasteiger partial charge in [0.05, 0.1) is 5.69 Å². The number of hydrogen-bond acceptors (Lipinski definition) is 5. The summed E-state index contributed by atoms with van der Waals surface area (Å²) in [5.74, 6) is 0. The van der Waals surface area contributed by atoms with Gasteiger partial charge >= 0.3 is 0 Å². The molecular formula is C14H19N5. The number of fused-ring (bicyclic) bond motifs is 1. The minimum Gasteiger partial charge on any atom is -0.398 e. The van der Waals surface area contributed by atoms with Crippen LogP contribution < -0.4 is 11.2 Å². The number of nitrogens with two attached hydrogens (primary N) is 1. The van der Waals surface area contributed by atoms with Gasteiger partial charge < -0.3 is 16.1 Å². The van der Waals surface area contributed by atoms with Crippen LogP contribution in [0.2, 0.25) is 0 Å². The Bertz CT molecular complexity index is 575. The third-order valence-corrected chi connectivity index (χ3v) is 3.63. The van der Waals surface area contributed by atoms with E-state index < -0.39 is 0 Å². The highest BCUT2D eigenvalue weighted by Gasteiger charge is 2.14. The van der Waals surface area contributed by atoms with Crippen molar-refractivity contribution in [2.45, 2.75) is 0 Å². The van der Waals surface area contributed by atoms with Gasteiger partial charge in [-0.2, -0.15) is 0 Å². The predicted molar refractivity (Wildman–Crippen MR) is 78.8 cm³/mol. The lowest BCUT2D eigenvalue weighted by atomic mass is 10.1. The van der Waals surface area contributed by atoms with Gasteiger partial charge in [-0.3, -0.25) is 4.98 Å². The number of hydrazine groups is 1. The Kier molecular flexibility index (Phi) is 3.23. The fourth-order valence-corrected chi connectivity index (χ4v) is 2.40. The molecule has 3 rings (SSSR count). The number of aromatic nitrogens is 1. The minimum atomic E-state index is 0.770. The molecule has 3 N–H and O–H groups in total. The number of nitrogens with one attached hydrogen (secondary N) is 1. The number of pyridine rings is 1. The summed E-state index contributed by atoms with van der Waals surface area (Å²) in [6.07, 6.45) is 3.62. The van der Waals surface area contributed by atoms with Crippen molar-refractivity contribution in [3.05, 3.63) is 30.6 Å². The van der Waals surface area contributed by atoms with Crippen LogP contribution in [0.5, 0.6) is 0 Å². The zero-order valence-corrected chi connectivity index (χ0v) is 11.1. The zero-order chi connectivity index (χ0) is 13.2. The van der Waals surface area contributed by atoms with Crippen LogP contribution in [-0.2, 0) is 0 Å². The van der Waals surface area contributed by atoms with Gasteiger partial charge in [-0.05, 0) is 25.2 Å². The average molecular weight is 257 g/mol. The Hall–Kier alpha value is -1.85. The van der Waals surface area contributed by atoms with Gasteiger partial charge in [0, 0.05) is 55.0 Å². The summed E-state index contributed by atoms with van der Waals surface area (Å²) in [6.45, 7) is 4.21. The Labute approximate surface area is 113 Å². The molecule has 0 saturated carbocycles. The average Bonchev–Trinajstić information content (AvgIpc) is 2.45. The molecule has 19 heavy (non-hydrogen) atoms. The standard InChI is InChI=1S/C14H19N5/c1-18-6-8-19(9-7-18)17-14-3-2-13(15)12-10-16-5-4-11(12)14/h2-5,10,17H,6-9,15H2,1H3.